The first-order chi connectivity index (χ1) is 8.51. The molecule has 0 amide bonds. The van der Waals surface area contributed by atoms with E-state index in [2.05, 4.69) is 17.1 Å². The van der Waals surface area contributed by atoms with Crippen LogP contribution in [-0.2, 0) is 9.53 Å². The smallest absolute Gasteiger partial charge is 0.325 e. The predicted molar refractivity (Wildman–Crippen MR) is 73.6 cm³/mol. The van der Waals surface area contributed by atoms with Crippen LogP contribution in [0.25, 0.3) is 0 Å². The molecular formula is C14H28N2O2. The maximum atomic E-state index is 11.7. The molecule has 0 saturated carbocycles. The van der Waals surface area contributed by atoms with Crippen molar-refractivity contribution in [2.75, 3.05) is 33.8 Å². The van der Waals surface area contributed by atoms with E-state index in [9.17, 15) is 4.79 Å². The molecule has 1 unspecified atom stereocenters. The van der Waals surface area contributed by atoms with Gasteiger partial charge in [0.15, 0.2) is 0 Å². The van der Waals surface area contributed by atoms with Gasteiger partial charge in [0.2, 0.25) is 0 Å². The van der Waals surface area contributed by atoms with Crippen LogP contribution in [0.3, 0.4) is 0 Å². The third-order valence-electron chi connectivity index (χ3n) is 4.22. The maximum absolute atomic E-state index is 11.7. The first kappa shape index (κ1) is 15.4. The number of nitrogens with zero attached hydrogens (tertiary/aromatic N) is 1. The highest BCUT2D eigenvalue weighted by molar-refractivity contribution is 5.80. The summed E-state index contributed by atoms with van der Waals surface area (Å²) < 4.78 is 4.85. The van der Waals surface area contributed by atoms with E-state index in [0.717, 1.165) is 25.3 Å². The molecule has 0 spiro atoms. The lowest BCUT2D eigenvalue weighted by molar-refractivity contribution is -0.148. The highest BCUT2D eigenvalue weighted by Crippen LogP contribution is 2.18. The van der Waals surface area contributed by atoms with Crippen molar-refractivity contribution in [3.63, 3.8) is 0 Å². The number of piperidine rings is 1. The Labute approximate surface area is 111 Å². The Kier molecular flexibility index (Phi) is 6.09. The lowest BCUT2D eigenvalue weighted by Crippen LogP contribution is -2.48. The average molecular weight is 256 g/mol. The molecule has 0 aromatic rings. The van der Waals surface area contributed by atoms with Gasteiger partial charge in [0.1, 0.15) is 5.54 Å². The lowest BCUT2D eigenvalue weighted by atomic mass is 9.95. The molecule has 1 aliphatic heterocycles. The highest BCUT2D eigenvalue weighted by atomic mass is 16.5. The molecule has 4 nitrogen and oxygen atoms in total. The zero-order chi connectivity index (χ0) is 13.6. The third kappa shape index (κ3) is 4.25. The Morgan fingerprint density at radius 1 is 1.44 bits per heavy atom. The first-order valence-electron chi connectivity index (χ1n) is 7.01. The van der Waals surface area contributed by atoms with Gasteiger partial charge in [-0.25, -0.2) is 0 Å². The molecule has 106 valence electrons. The van der Waals surface area contributed by atoms with E-state index in [4.69, 9.17) is 4.74 Å². The van der Waals surface area contributed by atoms with Gasteiger partial charge in [-0.3, -0.25) is 4.79 Å². The van der Waals surface area contributed by atoms with Crippen LogP contribution in [0.5, 0.6) is 0 Å². The number of carbonyl (C=O) groups is 1. The molecule has 18 heavy (non-hydrogen) atoms. The van der Waals surface area contributed by atoms with Crippen LogP contribution in [0.2, 0.25) is 0 Å². The zero-order valence-corrected chi connectivity index (χ0v) is 12.3. The number of rotatable bonds is 6. The van der Waals surface area contributed by atoms with Crippen molar-refractivity contribution in [1.29, 1.82) is 0 Å². The van der Waals surface area contributed by atoms with Gasteiger partial charge in [0.05, 0.1) is 7.11 Å². The summed E-state index contributed by atoms with van der Waals surface area (Å²) in [5.41, 5.74) is -0.544. The number of hydrogen-bond acceptors (Lipinski definition) is 4. The first-order valence-corrected chi connectivity index (χ1v) is 7.01. The fourth-order valence-corrected chi connectivity index (χ4v) is 2.50. The van der Waals surface area contributed by atoms with E-state index < -0.39 is 5.54 Å². The average Bonchev–Trinajstić information content (AvgIpc) is 2.39. The van der Waals surface area contributed by atoms with Crippen LogP contribution < -0.4 is 5.32 Å². The van der Waals surface area contributed by atoms with E-state index in [0.29, 0.717) is 0 Å². The molecule has 1 saturated heterocycles. The Hall–Kier alpha value is -0.610. The Morgan fingerprint density at radius 2 is 2.06 bits per heavy atom. The fraction of sp³-hybridized carbons (Fsp3) is 0.929. The summed E-state index contributed by atoms with van der Waals surface area (Å²) >= 11 is 0. The monoisotopic (exact) mass is 256 g/mol. The summed E-state index contributed by atoms with van der Waals surface area (Å²) in [6, 6.07) is 0. The van der Waals surface area contributed by atoms with Crippen molar-refractivity contribution in [2.24, 2.45) is 5.92 Å². The fourth-order valence-electron chi connectivity index (χ4n) is 2.50. The maximum Gasteiger partial charge on any atom is 0.325 e. The quantitative estimate of drug-likeness (QED) is 0.734. The van der Waals surface area contributed by atoms with E-state index in [1.807, 2.05) is 14.0 Å². The second-order valence-electron chi connectivity index (χ2n) is 5.70. The number of carbonyl (C=O) groups excluding carboxylic acids is 1. The Morgan fingerprint density at radius 3 is 2.56 bits per heavy atom. The number of likely N-dealkylation sites (N-methyl/N-ethyl adjacent to an activating group) is 1. The van der Waals surface area contributed by atoms with E-state index >= 15 is 0 Å². The number of hydrogen-bond donors (Lipinski definition) is 1. The van der Waals surface area contributed by atoms with Gasteiger partial charge in [-0.05, 0) is 65.2 Å². The van der Waals surface area contributed by atoms with Gasteiger partial charge in [-0.1, -0.05) is 6.92 Å². The van der Waals surface area contributed by atoms with Crippen molar-refractivity contribution in [3.8, 4) is 0 Å². The minimum Gasteiger partial charge on any atom is -0.468 e. The molecule has 1 heterocycles. The van der Waals surface area contributed by atoms with Gasteiger partial charge in [-0.2, -0.15) is 0 Å². The predicted octanol–water partition coefficient (Wildman–Crippen LogP) is 1.65. The van der Waals surface area contributed by atoms with Gasteiger partial charge in [-0.15, -0.1) is 0 Å². The molecule has 1 atom stereocenters. The molecule has 0 radical (unpaired) electrons. The van der Waals surface area contributed by atoms with Crippen molar-refractivity contribution >= 4 is 5.97 Å². The second kappa shape index (κ2) is 7.10. The minimum absolute atomic E-state index is 0.169. The van der Waals surface area contributed by atoms with Crippen LogP contribution in [-0.4, -0.2) is 50.2 Å². The van der Waals surface area contributed by atoms with Crippen molar-refractivity contribution in [3.05, 3.63) is 0 Å². The Balaban J connectivity index is 2.29. The number of ether oxygens (including phenoxy) is 1. The number of esters is 1. The zero-order valence-electron chi connectivity index (χ0n) is 12.3. The van der Waals surface area contributed by atoms with E-state index in [1.54, 1.807) is 0 Å². The molecule has 0 bridgehead atoms. The SMILES string of the molecule is CNC(C)(CCCN1CCC(C)CC1)C(=O)OC. The normalized spacial score (nSPS) is 21.6. The van der Waals surface area contributed by atoms with Crippen LogP contribution in [0.1, 0.15) is 39.5 Å². The molecule has 1 rings (SSSR count). The summed E-state index contributed by atoms with van der Waals surface area (Å²) in [5.74, 6) is 0.705. The minimum atomic E-state index is -0.544. The molecular weight excluding hydrogens is 228 g/mol. The third-order valence-corrected chi connectivity index (χ3v) is 4.22. The van der Waals surface area contributed by atoms with Gasteiger partial charge in [0.25, 0.3) is 0 Å². The number of likely N-dealkylation sites (tertiary alicyclic amines) is 1. The topological polar surface area (TPSA) is 41.6 Å². The van der Waals surface area contributed by atoms with Crippen LogP contribution >= 0.6 is 0 Å². The van der Waals surface area contributed by atoms with Gasteiger partial charge >= 0.3 is 5.97 Å². The second-order valence-corrected chi connectivity index (χ2v) is 5.70. The summed E-state index contributed by atoms with van der Waals surface area (Å²) in [6.45, 7) is 7.73. The van der Waals surface area contributed by atoms with E-state index in [-0.39, 0.29) is 5.97 Å². The standard InChI is InChI=1S/C14H28N2O2/c1-12-6-10-16(11-7-12)9-5-8-14(2,15-3)13(17)18-4/h12,15H,5-11H2,1-4H3. The summed E-state index contributed by atoms with van der Waals surface area (Å²) in [7, 11) is 3.27. The molecule has 1 aliphatic rings. The van der Waals surface area contributed by atoms with Crippen LogP contribution in [0.4, 0.5) is 0 Å². The van der Waals surface area contributed by atoms with Crippen LogP contribution in [0.15, 0.2) is 0 Å². The van der Waals surface area contributed by atoms with Gasteiger partial charge in [0, 0.05) is 0 Å². The largest absolute Gasteiger partial charge is 0.468 e. The Bertz CT molecular complexity index is 263. The molecule has 1 N–H and O–H groups in total. The number of nitrogens with one attached hydrogen (secondary N) is 1. The van der Waals surface area contributed by atoms with Crippen molar-refractivity contribution in [2.45, 2.75) is 45.1 Å². The summed E-state index contributed by atoms with van der Waals surface area (Å²) in [6.07, 6.45) is 4.46. The van der Waals surface area contributed by atoms with Crippen molar-refractivity contribution < 1.29 is 9.53 Å². The highest BCUT2D eigenvalue weighted by Gasteiger charge is 2.32. The molecule has 0 aromatic carbocycles. The molecule has 4 heteroatoms. The summed E-state index contributed by atoms with van der Waals surface area (Å²) in [4.78, 5) is 14.2. The van der Waals surface area contributed by atoms with Crippen molar-refractivity contribution in [1.82, 2.24) is 10.2 Å². The lowest BCUT2D eigenvalue weighted by Gasteiger charge is -2.32. The molecule has 0 aliphatic carbocycles. The molecule has 0 aromatic heterocycles. The molecule has 1 fully saturated rings. The van der Waals surface area contributed by atoms with Gasteiger partial charge < -0.3 is 15.0 Å². The number of methoxy groups -OCH3 is 1. The summed E-state index contributed by atoms with van der Waals surface area (Å²) in [5, 5.41) is 3.08. The van der Waals surface area contributed by atoms with E-state index in [1.165, 1.54) is 33.0 Å². The van der Waals surface area contributed by atoms with Crippen LogP contribution in [0, 0.1) is 5.92 Å².